The lowest BCUT2D eigenvalue weighted by Crippen LogP contribution is -2.11. The maximum absolute atomic E-state index is 12.1. The smallest absolute Gasteiger partial charge is 0.271 e. The lowest BCUT2D eigenvalue weighted by atomic mass is 10.3. The molecule has 0 fully saturated rings. The molecule has 0 aliphatic rings. The van der Waals surface area contributed by atoms with E-state index in [1.54, 1.807) is 24.3 Å². The van der Waals surface area contributed by atoms with Crippen LogP contribution < -0.4 is 9.46 Å². The molecular formula is C13H12N2O3S2. The molecule has 0 aliphatic heterocycles. The van der Waals surface area contributed by atoms with E-state index in [2.05, 4.69) is 4.72 Å². The summed E-state index contributed by atoms with van der Waals surface area (Å²) in [5.74, 6) is 0.679. The Morgan fingerprint density at radius 3 is 2.50 bits per heavy atom. The van der Waals surface area contributed by atoms with Gasteiger partial charge >= 0.3 is 0 Å². The number of sulfonamides is 1. The lowest BCUT2D eigenvalue weighted by Gasteiger charge is -2.07. The lowest BCUT2D eigenvalue weighted by molar-refractivity contribution is 0.340. The van der Waals surface area contributed by atoms with Gasteiger partial charge in [-0.2, -0.15) is 5.26 Å². The first-order valence-corrected chi connectivity index (χ1v) is 8.11. The number of hydrogen-bond acceptors (Lipinski definition) is 5. The number of nitrogens with one attached hydrogen (secondary N) is 1. The number of thiophene rings is 1. The highest BCUT2D eigenvalue weighted by molar-refractivity contribution is 7.94. The zero-order valence-electron chi connectivity index (χ0n) is 10.7. The van der Waals surface area contributed by atoms with Crippen molar-refractivity contribution in [3.05, 3.63) is 41.3 Å². The fourth-order valence-corrected chi connectivity index (χ4v) is 3.68. The molecule has 0 atom stereocenters. The monoisotopic (exact) mass is 308 g/mol. The maximum atomic E-state index is 12.1. The predicted molar refractivity (Wildman–Crippen MR) is 77.5 cm³/mol. The third-order valence-corrected chi connectivity index (χ3v) is 5.24. The summed E-state index contributed by atoms with van der Waals surface area (Å²) in [6.45, 7) is 2.43. The minimum atomic E-state index is -3.65. The fourth-order valence-electron chi connectivity index (χ4n) is 1.52. The van der Waals surface area contributed by atoms with Gasteiger partial charge in [0.05, 0.1) is 6.61 Å². The van der Waals surface area contributed by atoms with Crippen molar-refractivity contribution < 1.29 is 13.2 Å². The van der Waals surface area contributed by atoms with E-state index in [9.17, 15) is 8.42 Å². The van der Waals surface area contributed by atoms with Gasteiger partial charge in [-0.3, -0.25) is 4.72 Å². The van der Waals surface area contributed by atoms with Crippen LogP contribution in [0.3, 0.4) is 0 Å². The summed E-state index contributed by atoms with van der Waals surface area (Å²) in [6.07, 6.45) is 0. The third-order valence-electron chi connectivity index (χ3n) is 2.37. The van der Waals surface area contributed by atoms with Gasteiger partial charge in [-0.15, -0.1) is 11.3 Å². The van der Waals surface area contributed by atoms with E-state index in [0.29, 0.717) is 22.9 Å². The van der Waals surface area contributed by atoms with Gasteiger partial charge in [0.15, 0.2) is 0 Å². The third kappa shape index (κ3) is 3.29. The van der Waals surface area contributed by atoms with E-state index in [0.717, 1.165) is 11.3 Å². The summed E-state index contributed by atoms with van der Waals surface area (Å²) in [4.78, 5) is 0.358. The van der Waals surface area contributed by atoms with Crippen molar-refractivity contribution in [1.29, 1.82) is 5.26 Å². The van der Waals surface area contributed by atoms with Crippen LogP contribution >= 0.6 is 11.3 Å². The van der Waals surface area contributed by atoms with Gasteiger partial charge in [0, 0.05) is 5.69 Å². The van der Waals surface area contributed by atoms with Gasteiger partial charge in [-0.05, 0) is 43.3 Å². The largest absolute Gasteiger partial charge is 0.494 e. The van der Waals surface area contributed by atoms with Crippen molar-refractivity contribution in [3.63, 3.8) is 0 Å². The van der Waals surface area contributed by atoms with Gasteiger partial charge in [0.2, 0.25) is 0 Å². The van der Waals surface area contributed by atoms with Crippen LogP contribution in [-0.2, 0) is 10.0 Å². The van der Waals surface area contributed by atoms with Crippen LogP contribution in [0.5, 0.6) is 5.75 Å². The normalized spacial score (nSPS) is 10.8. The Bertz CT molecular complexity index is 728. The Kier molecular flexibility index (Phi) is 4.27. The Balaban J connectivity index is 2.17. The van der Waals surface area contributed by atoms with Crippen LogP contribution in [0.2, 0.25) is 0 Å². The first-order chi connectivity index (χ1) is 9.55. The summed E-state index contributed by atoms with van der Waals surface area (Å²) in [5, 5.41) is 8.72. The highest BCUT2D eigenvalue weighted by Crippen LogP contribution is 2.24. The van der Waals surface area contributed by atoms with Crippen molar-refractivity contribution in [2.75, 3.05) is 11.3 Å². The van der Waals surface area contributed by atoms with Crippen molar-refractivity contribution >= 4 is 27.0 Å². The molecule has 104 valence electrons. The maximum Gasteiger partial charge on any atom is 0.271 e. The molecule has 2 rings (SSSR count). The first kappa shape index (κ1) is 14.4. The van der Waals surface area contributed by atoms with Gasteiger partial charge in [-0.25, -0.2) is 8.42 Å². The van der Waals surface area contributed by atoms with E-state index < -0.39 is 10.0 Å². The standard InChI is InChI=1S/C13H12N2O3S2/c1-2-18-11-5-3-10(4-6-11)15-20(16,17)13-8-7-12(9-14)19-13/h3-8,15H,2H2,1H3. The Hall–Kier alpha value is -2.04. The quantitative estimate of drug-likeness (QED) is 0.921. The molecule has 0 spiro atoms. The molecule has 0 amide bonds. The number of anilines is 1. The SMILES string of the molecule is CCOc1ccc(NS(=O)(=O)c2ccc(C#N)s2)cc1. The van der Waals surface area contributed by atoms with Gasteiger partial charge < -0.3 is 4.74 Å². The molecule has 20 heavy (non-hydrogen) atoms. The van der Waals surface area contributed by atoms with Crippen LogP contribution in [0.4, 0.5) is 5.69 Å². The number of rotatable bonds is 5. The molecule has 0 radical (unpaired) electrons. The summed E-state index contributed by atoms with van der Waals surface area (Å²) >= 11 is 0.934. The average Bonchev–Trinajstić information content (AvgIpc) is 2.91. The molecule has 7 heteroatoms. The molecule has 0 aliphatic carbocycles. The molecule has 0 saturated carbocycles. The van der Waals surface area contributed by atoms with Crippen LogP contribution in [0.1, 0.15) is 11.8 Å². The Morgan fingerprint density at radius 1 is 1.25 bits per heavy atom. The highest BCUT2D eigenvalue weighted by Gasteiger charge is 2.16. The van der Waals surface area contributed by atoms with Crippen LogP contribution in [-0.4, -0.2) is 15.0 Å². The zero-order valence-corrected chi connectivity index (χ0v) is 12.3. The van der Waals surface area contributed by atoms with Crippen LogP contribution in [0, 0.1) is 11.3 Å². The number of ether oxygens (including phenoxy) is 1. The number of benzene rings is 1. The van der Waals surface area contributed by atoms with E-state index in [1.165, 1.54) is 12.1 Å². The Labute approximate surface area is 121 Å². The summed E-state index contributed by atoms with van der Waals surface area (Å²) < 4.78 is 32.1. The Morgan fingerprint density at radius 2 is 1.95 bits per heavy atom. The van der Waals surface area contributed by atoms with Crippen molar-refractivity contribution in [3.8, 4) is 11.8 Å². The molecule has 1 aromatic heterocycles. The molecule has 1 heterocycles. The van der Waals surface area contributed by atoms with Crippen LogP contribution in [0.25, 0.3) is 0 Å². The van der Waals surface area contributed by atoms with Crippen LogP contribution in [0.15, 0.2) is 40.6 Å². The zero-order chi connectivity index (χ0) is 14.6. The van der Waals surface area contributed by atoms with Gasteiger partial charge in [0.1, 0.15) is 20.9 Å². The number of nitrogens with zero attached hydrogens (tertiary/aromatic N) is 1. The molecule has 0 bridgehead atoms. The fraction of sp³-hybridized carbons (Fsp3) is 0.154. The predicted octanol–water partition coefficient (Wildman–Crippen LogP) is 2.82. The molecular weight excluding hydrogens is 296 g/mol. The highest BCUT2D eigenvalue weighted by atomic mass is 32.2. The summed E-state index contributed by atoms with van der Waals surface area (Å²) in [5.41, 5.74) is 0.445. The topological polar surface area (TPSA) is 79.2 Å². The second-order valence-corrected chi connectivity index (χ2v) is 6.79. The molecule has 2 aromatic rings. The summed E-state index contributed by atoms with van der Waals surface area (Å²) in [6, 6.07) is 11.4. The second kappa shape index (κ2) is 5.94. The van der Waals surface area contributed by atoms with Crippen molar-refractivity contribution in [2.24, 2.45) is 0 Å². The second-order valence-electron chi connectivity index (χ2n) is 3.79. The minimum Gasteiger partial charge on any atom is -0.494 e. The number of nitriles is 1. The molecule has 1 N–H and O–H groups in total. The molecule has 0 saturated heterocycles. The van der Waals surface area contributed by atoms with E-state index >= 15 is 0 Å². The molecule has 5 nitrogen and oxygen atoms in total. The first-order valence-electron chi connectivity index (χ1n) is 5.81. The molecule has 0 unspecified atom stereocenters. The number of hydrogen-bond donors (Lipinski definition) is 1. The van der Waals surface area contributed by atoms with E-state index in [1.807, 2.05) is 13.0 Å². The average molecular weight is 308 g/mol. The van der Waals surface area contributed by atoms with Crippen molar-refractivity contribution in [2.45, 2.75) is 11.1 Å². The summed E-state index contributed by atoms with van der Waals surface area (Å²) in [7, 11) is -3.65. The van der Waals surface area contributed by atoms with Gasteiger partial charge in [-0.1, -0.05) is 0 Å². The van der Waals surface area contributed by atoms with E-state index in [4.69, 9.17) is 10.00 Å². The molecule has 1 aromatic carbocycles. The van der Waals surface area contributed by atoms with E-state index in [-0.39, 0.29) is 4.21 Å². The van der Waals surface area contributed by atoms with Crippen molar-refractivity contribution in [1.82, 2.24) is 0 Å². The minimum absolute atomic E-state index is 0.114. The van der Waals surface area contributed by atoms with Gasteiger partial charge in [0.25, 0.3) is 10.0 Å².